The Morgan fingerprint density at radius 2 is 1.88 bits per heavy atom. The quantitative estimate of drug-likeness (QED) is 0.822. The second kappa shape index (κ2) is 4.61. The first-order valence-electron chi connectivity index (χ1n) is 5.15. The Bertz CT molecular complexity index is 438. The standard InChI is InChI=1S/C12H14N4/c1-9(10-5-3-2-4-6-10)16-12-8-14-11(13)7-15-12/h2-9H,1H3,(H2,13,14)(H,15,16). The maximum absolute atomic E-state index is 5.47. The first-order valence-corrected chi connectivity index (χ1v) is 5.15. The van der Waals surface area contributed by atoms with E-state index in [0.717, 1.165) is 5.82 Å². The Morgan fingerprint density at radius 1 is 1.12 bits per heavy atom. The van der Waals surface area contributed by atoms with Gasteiger partial charge in [0.25, 0.3) is 0 Å². The van der Waals surface area contributed by atoms with Gasteiger partial charge in [-0.3, -0.25) is 0 Å². The molecule has 0 fully saturated rings. The van der Waals surface area contributed by atoms with Gasteiger partial charge in [0.1, 0.15) is 11.6 Å². The number of benzene rings is 1. The molecule has 0 saturated heterocycles. The van der Waals surface area contributed by atoms with Crippen LogP contribution in [0, 0.1) is 0 Å². The van der Waals surface area contributed by atoms with E-state index < -0.39 is 0 Å². The highest BCUT2D eigenvalue weighted by molar-refractivity contribution is 5.38. The highest BCUT2D eigenvalue weighted by Gasteiger charge is 2.04. The third-order valence-corrected chi connectivity index (χ3v) is 2.34. The van der Waals surface area contributed by atoms with Gasteiger partial charge in [0, 0.05) is 6.04 Å². The van der Waals surface area contributed by atoms with Gasteiger partial charge in [-0.2, -0.15) is 0 Å². The molecule has 2 rings (SSSR count). The smallest absolute Gasteiger partial charge is 0.145 e. The fourth-order valence-corrected chi connectivity index (χ4v) is 1.46. The van der Waals surface area contributed by atoms with E-state index in [1.54, 1.807) is 12.4 Å². The third-order valence-electron chi connectivity index (χ3n) is 2.34. The van der Waals surface area contributed by atoms with Crippen LogP contribution in [0.15, 0.2) is 42.7 Å². The van der Waals surface area contributed by atoms with Gasteiger partial charge < -0.3 is 11.1 Å². The second-order valence-electron chi connectivity index (χ2n) is 3.60. The summed E-state index contributed by atoms with van der Waals surface area (Å²) in [5.74, 6) is 1.16. The number of aromatic nitrogens is 2. The van der Waals surface area contributed by atoms with E-state index in [9.17, 15) is 0 Å². The Kier molecular flexibility index (Phi) is 3.00. The minimum Gasteiger partial charge on any atom is -0.382 e. The van der Waals surface area contributed by atoms with Crippen molar-refractivity contribution in [2.24, 2.45) is 0 Å². The average Bonchev–Trinajstić information content (AvgIpc) is 2.33. The molecule has 1 atom stereocenters. The lowest BCUT2D eigenvalue weighted by Crippen LogP contribution is -2.08. The largest absolute Gasteiger partial charge is 0.382 e. The van der Waals surface area contributed by atoms with Crippen LogP contribution in [-0.4, -0.2) is 9.97 Å². The van der Waals surface area contributed by atoms with Crippen LogP contribution in [0.1, 0.15) is 18.5 Å². The van der Waals surface area contributed by atoms with Gasteiger partial charge in [-0.05, 0) is 12.5 Å². The van der Waals surface area contributed by atoms with Crippen LogP contribution >= 0.6 is 0 Å². The summed E-state index contributed by atoms with van der Waals surface area (Å²) in [6.07, 6.45) is 3.18. The SMILES string of the molecule is CC(Nc1cnc(N)cn1)c1ccccc1. The fraction of sp³-hybridized carbons (Fsp3) is 0.167. The number of nitrogens with two attached hydrogens (primary N) is 1. The van der Waals surface area contributed by atoms with Crippen LogP contribution in [-0.2, 0) is 0 Å². The summed E-state index contributed by atoms with van der Waals surface area (Å²) < 4.78 is 0. The van der Waals surface area contributed by atoms with Crippen molar-refractivity contribution in [2.75, 3.05) is 11.1 Å². The molecule has 1 aromatic heterocycles. The zero-order valence-electron chi connectivity index (χ0n) is 9.09. The number of nitrogens with one attached hydrogen (secondary N) is 1. The average molecular weight is 214 g/mol. The summed E-state index contributed by atoms with van der Waals surface area (Å²) in [6, 6.07) is 10.4. The highest BCUT2D eigenvalue weighted by atomic mass is 15.0. The summed E-state index contributed by atoms with van der Waals surface area (Å²) in [7, 11) is 0. The Balaban J connectivity index is 2.08. The molecule has 0 radical (unpaired) electrons. The zero-order valence-corrected chi connectivity index (χ0v) is 9.09. The lowest BCUT2D eigenvalue weighted by Gasteiger charge is -2.14. The Hall–Kier alpha value is -2.10. The molecule has 0 aliphatic carbocycles. The van der Waals surface area contributed by atoms with Gasteiger partial charge in [-0.25, -0.2) is 9.97 Å². The topological polar surface area (TPSA) is 63.8 Å². The van der Waals surface area contributed by atoms with Crippen LogP contribution in [0.5, 0.6) is 0 Å². The molecule has 0 aliphatic rings. The van der Waals surface area contributed by atoms with E-state index in [-0.39, 0.29) is 6.04 Å². The molecule has 3 N–H and O–H groups in total. The molecule has 0 spiro atoms. The van der Waals surface area contributed by atoms with Gasteiger partial charge >= 0.3 is 0 Å². The van der Waals surface area contributed by atoms with Crippen molar-refractivity contribution in [1.29, 1.82) is 0 Å². The van der Waals surface area contributed by atoms with E-state index in [4.69, 9.17) is 5.73 Å². The summed E-state index contributed by atoms with van der Waals surface area (Å²) in [4.78, 5) is 8.12. The number of hydrogen-bond donors (Lipinski definition) is 2. The molecule has 4 nitrogen and oxygen atoms in total. The van der Waals surface area contributed by atoms with E-state index in [0.29, 0.717) is 5.82 Å². The summed E-state index contributed by atoms with van der Waals surface area (Å²) in [6.45, 7) is 2.08. The summed E-state index contributed by atoms with van der Waals surface area (Å²) >= 11 is 0. The van der Waals surface area contributed by atoms with Gasteiger partial charge in [-0.15, -0.1) is 0 Å². The predicted octanol–water partition coefficient (Wildman–Crippen LogP) is 2.23. The molecule has 16 heavy (non-hydrogen) atoms. The summed E-state index contributed by atoms with van der Waals surface area (Å²) in [5.41, 5.74) is 6.68. The molecular formula is C12H14N4. The van der Waals surface area contributed by atoms with Crippen LogP contribution in [0.25, 0.3) is 0 Å². The Labute approximate surface area is 94.5 Å². The maximum atomic E-state index is 5.47. The van der Waals surface area contributed by atoms with Gasteiger partial charge in [0.2, 0.25) is 0 Å². The Morgan fingerprint density at radius 3 is 2.50 bits per heavy atom. The predicted molar refractivity (Wildman–Crippen MR) is 64.9 cm³/mol. The first kappa shape index (κ1) is 10.4. The van der Waals surface area contributed by atoms with Crippen molar-refractivity contribution in [3.05, 3.63) is 48.3 Å². The maximum Gasteiger partial charge on any atom is 0.145 e. The van der Waals surface area contributed by atoms with Crippen molar-refractivity contribution < 1.29 is 0 Å². The summed E-state index contributed by atoms with van der Waals surface area (Å²) in [5, 5.41) is 3.26. The number of rotatable bonds is 3. The van der Waals surface area contributed by atoms with Crippen molar-refractivity contribution >= 4 is 11.6 Å². The van der Waals surface area contributed by atoms with E-state index in [2.05, 4.69) is 34.3 Å². The minimum absolute atomic E-state index is 0.194. The minimum atomic E-state index is 0.194. The van der Waals surface area contributed by atoms with Gasteiger partial charge in [-0.1, -0.05) is 30.3 Å². The number of anilines is 2. The monoisotopic (exact) mass is 214 g/mol. The normalized spacial score (nSPS) is 12.1. The van der Waals surface area contributed by atoms with Crippen molar-refractivity contribution in [3.63, 3.8) is 0 Å². The number of nitrogens with zero attached hydrogens (tertiary/aromatic N) is 2. The number of nitrogen functional groups attached to an aromatic ring is 1. The molecule has 0 saturated carbocycles. The van der Waals surface area contributed by atoms with Crippen LogP contribution < -0.4 is 11.1 Å². The second-order valence-corrected chi connectivity index (χ2v) is 3.60. The first-order chi connectivity index (χ1) is 7.75. The molecule has 0 amide bonds. The lowest BCUT2D eigenvalue weighted by atomic mass is 10.1. The molecule has 1 heterocycles. The molecule has 2 aromatic rings. The molecule has 1 unspecified atom stereocenters. The third kappa shape index (κ3) is 2.48. The number of hydrogen-bond acceptors (Lipinski definition) is 4. The van der Waals surface area contributed by atoms with Gasteiger partial charge in [0.05, 0.1) is 12.4 Å². The molecular weight excluding hydrogens is 200 g/mol. The van der Waals surface area contributed by atoms with E-state index in [1.807, 2.05) is 18.2 Å². The molecule has 0 aliphatic heterocycles. The zero-order chi connectivity index (χ0) is 11.4. The van der Waals surface area contributed by atoms with E-state index in [1.165, 1.54) is 5.56 Å². The molecule has 4 heteroatoms. The van der Waals surface area contributed by atoms with Crippen molar-refractivity contribution in [2.45, 2.75) is 13.0 Å². The molecule has 0 bridgehead atoms. The van der Waals surface area contributed by atoms with Gasteiger partial charge in [0.15, 0.2) is 0 Å². The molecule has 1 aromatic carbocycles. The molecule has 82 valence electrons. The van der Waals surface area contributed by atoms with Crippen LogP contribution in [0.3, 0.4) is 0 Å². The van der Waals surface area contributed by atoms with Crippen molar-refractivity contribution in [3.8, 4) is 0 Å². The highest BCUT2D eigenvalue weighted by Crippen LogP contribution is 2.16. The lowest BCUT2D eigenvalue weighted by molar-refractivity contribution is 0.872. The fourth-order valence-electron chi connectivity index (χ4n) is 1.46. The van der Waals surface area contributed by atoms with Crippen molar-refractivity contribution in [1.82, 2.24) is 9.97 Å². The van der Waals surface area contributed by atoms with Crippen LogP contribution in [0.4, 0.5) is 11.6 Å². The van der Waals surface area contributed by atoms with E-state index >= 15 is 0 Å². The van der Waals surface area contributed by atoms with Crippen LogP contribution in [0.2, 0.25) is 0 Å².